The van der Waals surface area contributed by atoms with E-state index in [-0.39, 0.29) is 23.3 Å². The summed E-state index contributed by atoms with van der Waals surface area (Å²) in [7, 11) is 3.42. The van der Waals surface area contributed by atoms with Crippen molar-refractivity contribution >= 4 is 29.4 Å². The van der Waals surface area contributed by atoms with E-state index in [0.717, 1.165) is 33.9 Å². The third kappa shape index (κ3) is 7.17. The number of hydrogen-bond donors (Lipinski definition) is 2. The fraction of sp³-hybridized carbons (Fsp3) is 0.571. The maximum atomic E-state index is 13.1. The van der Waals surface area contributed by atoms with E-state index >= 15 is 0 Å². The van der Waals surface area contributed by atoms with Gasteiger partial charge >= 0.3 is 0 Å². The van der Waals surface area contributed by atoms with Crippen LogP contribution >= 0.6 is 11.3 Å². The van der Waals surface area contributed by atoms with E-state index in [0.29, 0.717) is 38.6 Å². The quantitative estimate of drug-likeness (QED) is 0.485. The van der Waals surface area contributed by atoms with Crippen molar-refractivity contribution in [1.29, 1.82) is 0 Å². The van der Waals surface area contributed by atoms with Crippen LogP contribution in [0, 0.1) is 12.3 Å². The number of alkyl halides is 1. The Balaban J connectivity index is 0.000000585. The molecule has 1 aromatic heterocycles. The van der Waals surface area contributed by atoms with Gasteiger partial charge in [0, 0.05) is 18.7 Å². The van der Waals surface area contributed by atoms with Gasteiger partial charge < -0.3 is 20.3 Å². The zero-order valence-electron chi connectivity index (χ0n) is 23.1. The number of carbonyl (C=O) groups is 3. The Kier molecular flexibility index (Phi) is 9.64. The van der Waals surface area contributed by atoms with Crippen molar-refractivity contribution < 1.29 is 23.5 Å². The summed E-state index contributed by atoms with van der Waals surface area (Å²) in [5.41, 5.74) is 3.13. The highest BCUT2D eigenvalue weighted by Gasteiger charge is 2.43. The van der Waals surface area contributed by atoms with E-state index < -0.39 is 11.7 Å². The summed E-state index contributed by atoms with van der Waals surface area (Å²) in [6, 6.07) is 5.21. The predicted molar refractivity (Wildman–Crippen MR) is 147 cm³/mol. The molecule has 1 aliphatic carbocycles. The van der Waals surface area contributed by atoms with Gasteiger partial charge in [0.05, 0.1) is 29.2 Å². The maximum absolute atomic E-state index is 13.1. The van der Waals surface area contributed by atoms with Crippen LogP contribution in [0.1, 0.15) is 57.7 Å². The van der Waals surface area contributed by atoms with Gasteiger partial charge in [-0.15, -0.1) is 11.3 Å². The SMILES string of the molecule is CNC(C(=O)N1CCCC1C(=O)NCc1ccc(-c2scnc2C)cc1OC)C(C)(C)C.O=CC1(F)CC1. The summed E-state index contributed by atoms with van der Waals surface area (Å²) in [5.74, 6) is 0.585. The second-order valence-corrected chi connectivity index (χ2v) is 11.8. The van der Waals surface area contributed by atoms with Gasteiger partial charge in [-0.05, 0) is 56.7 Å². The Hall–Kier alpha value is -2.85. The van der Waals surface area contributed by atoms with Crippen molar-refractivity contribution in [2.24, 2.45) is 5.41 Å². The van der Waals surface area contributed by atoms with Crippen molar-refractivity contribution in [1.82, 2.24) is 20.5 Å². The summed E-state index contributed by atoms with van der Waals surface area (Å²) in [4.78, 5) is 42.8. The zero-order chi connectivity index (χ0) is 28.1. The molecule has 8 nitrogen and oxygen atoms in total. The number of likely N-dealkylation sites (N-methyl/N-ethyl adjacent to an activating group) is 1. The zero-order valence-corrected chi connectivity index (χ0v) is 23.9. The molecule has 4 rings (SSSR count). The van der Waals surface area contributed by atoms with E-state index in [9.17, 15) is 18.8 Å². The van der Waals surface area contributed by atoms with Crippen LogP contribution in [-0.2, 0) is 20.9 Å². The van der Waals surface area contributed by atoms with Crippen LogP contribution in [0.2, 0.25) is 0 Å². The number of likely N-dealkylation sites (tertiary alicyclic amines) is 1. The van der Waals surface area contributed by atoms with Gasteiger partial charge in [-0.25, -0.2) is 9.37 Å². The number of halogens is 1. The molecule has 38 heavy (non-hydrogen) atoms. The molecule has 1 saturated carbocycles. The van der Waals surface area contributed by atoms with Gasteiger partial charge in [-0.1, -0.05) is 32.9 Å². The number of amides is 2. The number of aldehydes is 1. The lowest BCUT2D eigenvalue weighted by atomic mass is 9.86. The minimum Gasteiger partial charge on any atom is -0.496 e. The number of benzene rings is 1. The standard InChI is InChI=1S/C24H34N4O3S.C4H5FO/c1-15-20(32-14-27-15)16-9-10-17(19(12-16)31-6)13-26-22(29)18-8-7-11-28(18)23(30)21(25-5)24(2,3)4;5-4(3-6)1-2-4/h9-10,12,14,18,21,25H,7-8,11,13H2,1-6H3,(H,26,29);3H,1-2H2. The summed E-state index contributed by atoms with van der Waals surface area (Å²) in [5, 5.41) is 6.15. The van der Waals surface area contributed by atoms with Crippen LogP contribution in [0.4, 0.5) is 4.39 Å². The number of aromatic nitrogens is 1. The average molecular weight is 547 g/mol. The molecule has 0 radical (unpaired) electrons. The Morgan fingerprint density at radius 3 is 2.55 bits per heavy atom. The highest BCUT2D eigenvalue weighted by molar-refractivity contribution is 7.13. The minimum atomic E-state index is -1.39. The minimum absolute atomic E-state index is 0.0143. The second kappa shape index (κ2) is 12.3. The average Bonchev–Trinajstić information content (AvgIpc) is 3.24. The number of carbonyl (C=O) groups excluding carboxylic acids is 3. The van der Waals surface area contributed by atoms with E-state index in [4.69, 9.17) is 4.74 Å². The van der Waals surface area contributed by atoms with Crippen LogP contribution in [0.25, 0.3) is 10.4 Å². The molecule has 0 bridgehead atoms. The Labute approximate surface area is 228 Å². The molecule has 2 atom stereocenters. The number of hydrogen-bond acceptors (Lipinski definition) is 7. The number of thiazole rings is 1. The molecule has 2 aromatic rings. The number of nitrogens with one attached hydrogen (secondary N) is 2. The van der Waals surface area contributed by atoms with Crippen molar-refractivity contribution in [3.8, 4) is 16.2 Å². The fourth-order valence-corrected chi connectivity index (χ4v) is 5.35. The molecule has 2 N–H and O–H groups in total. The first-order valence-electron chi connectivity index (χ1n) is 12.9. The lowest BCUT2D eigenvalue weighted by Gasteiger charge is -2.34. The van der Waals surface area contributed by atoms with Gasteiger partial charge in [0.25, 0.3) is 0 Å². The summed E-state index contributed by atoms with van der Waals surface area (Å²) in [6.45, 7) is 9.02. The molecule has 2 unspecified atom stereocenters. The molecular formula is C28H39FN4O4S. The number of ether oxygens (including phenoxy) is 1. The van der Waals surface area contributed by atoms with Crippen molar-refractivity contribution in [3.63, 3.8) is 0 Å². The first kappa shape index (κ1) is 29.7. The normalized spacial score (nSPS) is 18.7. The lowest BCUT2D eigenvalue weighted by Crippen LogP contribution is -2.55. The van der Waals surface area contributed by atoms with E-state index in [1.165, 1.54) is 0 Å². The van der Waals surface area contributed by atoms with Crippen LogP contribution in [0.5, 0.6) is 5.75 Å². The van der Waals surface area contributed by atoms with Crippen molar-refractivity contribution in [3.05, 3.63) is 35.0 Å². The molecule has 2 aliphatic rings. The van der Waals surface area contributed by atoms with E-state index in [1.54, 1.807) is 30.4 Å². The predicted octanol–water partition coefficient (Wildman–Crippen LogP) is 4.06. The van der Waals surface area contributed by atoms with Gasteiger partial charge in [-0.2, -0.15) is 0 Å². The van der Waals surface area contributed by atoms with Crippen LogP contribution in [0.3, 0.4) is 0 Å². The topological polar surface area (TPSA) is 101 Å². The third-order valence-electron chi connectivity index (χ3n) is 6.93. The summed E-state index contributed by atoms with van der Waals surface area (Å²) in [6.07, 6.45) is 2.77. The molecule has 1 aromatic carbocycles. The van der Waals surface area contributed by atoms with Crippen LogP contribution < -0.4 is 15.4 Å². The largest absolute Gasteiger partial charge is 0.496 e. The van der Waals surface area contributed by atoms with E-state index in [2.05, 4.69) is 15.6 Å². The Morgan fingerprint density at radius 2 is 2.05 bits per heavy atom. The number of aryl methyl sites for hydroxylation is 1. The van der Waals surface area contributed by atoms with Gasteiger partial charge in [-0.3, -0.25) is 14.4 Å². The first-order chi connectivity index (χ1) is 17.9. The molecule has 2 amide bonds. The van der Waals surface area contributed by atoms with Gasteiger partial charge in [0.15, 0.2) is 12.0 Å². The molecule has 1 saturated heterocycles. The molecule has 208 valence electrons. The lowest BCUT2D eigenvalue weighted by molar-refractivity contribution is -0.142. The number of methoxy groups -OCH3 is 1. The molecule has 2 heterocycles. The van der Waals surface area contributed by atoms with Crippen molar-refractivity contribution in [2.75, 3.05) is 20.7 Å². The smallest absolute Gasteiger partial charge is 0.243 e. The Morgan fingerprint density at radius 1 is 1.34 bits per heavy atom. The molecule has 0 spiro atoms. The molecule has 1 aliphatic heterocycles. The van der Waals surface area contributed by atoms with Crippen LogP contribution in [-0.4, -0.2) is 66.4 Å². The van der Waals surface area contributed by atoms with Gasteiger partial charge in [0.1, 0.15) is 11.8 Å². The summed E-state index contributed by atoms with van der Waals surface area (Å²) < 4.78 is 17.4. The van der Waals surface area contributed by atoms with Gasteiger partial charge in [0.2, 0.25) is 11.8 Å². The summed E-state index contributed by atoms with van der Waals surface area (Å²) >= 11 is 1.59. The Bertz CT molecular complexity index is 1140. The number of nitrogens with zero attached hydrogens (tertiary/aromatic N) is 2. The fourth-order valence-electron chi connectivity index (χ4n) is 4.54. The first-order valence-corrected chi connectivity index (χ1v) is 13.8. The van der Waals surface area contributed by atoms with Crippen molar-refractivity contribution in [2.45, 2.75) is 77.7 Å². The third-order valence-corrected chi connectivity index (χ3v) is 7.90. The number of rotatable bonds is 8. The monoisotopic (exact) mass is 546 g/mol. The maximum Gasteiger partial charge on any atom is 0.243 e. The van der Waals surface area contributed by atoms with Crippen LogP contribution in [0.15, 0.2) is 23.7 Å². The molecule has 2 fully saturated rings. The molecule has 10 heteroatoms. The highest BCUT2D eigenvalue weighted by atomic mass is 32.1. The highest BCUT2D eigenvalue weighted by Crippen LogP contribution is 2.37. The molecular weight excluding hydrogens is 507 g/mol. The van der Waals surface area contributed by atoms with E-state index in [1.807, 2.05) is 51.4 Å². The second-order valence-electron chi connectivity index (χ2n) is 10.9.